The molecule has 2 fully saturated rings. The molecule has 0 heterocycles. The molecule has 5 atom stereocenters. The van der Waals surface area contributed by atoms with Gasteiger partial charge in [0.1, 0.15) is 0 Å². The maximum absolute atomic E-state index is 12.7. The Kier molecular flexibility index (Phi) is 5.12. The Bertz CT molecular complexity index is 1020. The average Bonchev–Trinajstić information content (AvgIpc) is 3.09. The van der Waals surface area contributed by atoms with Gasteiger partial charge in [-0.05, 0) is 97.6 Å². The Morgan fingerprint density at radius 2 is 1.84 bits per heavy atom. The van der Waals surface area contributed by atoms with Gasteiger partial charge in [-0.15, -0.1) is 5.92 Å². The van der Waals surface area contributed by atoms with Crippen LogP contribution in [0.1, 0.15) is 70.3 Å². The minimum Gasteiger partial charge on any atom is -0.378 e. The molecule has 5 rings (SSSR count). The lowest BCUT2D eigenvalue weighted by atomic mass is 9.55. The van der Waals surface area contributed by atoms with E-state index in [-0.39, 0.29) is 5.92 Å². The molecule has 0 aliphatic heterocycles. The van der Waals surface area contributed by atoms with Crippen LogP contribution in [0.5, 0.6) is 0 Å². The maximum Gasteiger partial charge on any atom is 0.156 e. The smallest absolute Gasteiger partial charge is 0.156 e. The van der Waals surface area contributed by atoms with Gasteiger partial charge in [0, 0.05) is 38.0 Å². The molecule has 0 saturated heterocycles. The van der Waals surface area contributed by atoms with E-state index in [1.54, 1.807) is 11.1 Å². The molecule has 0 spiro atoms. The summed E-state index contributed by atoms with van der Waals surface area (Å²) in [6.07, 6.45) is 9.91. The number of allylic oxidation sites excluding steroid dienone is 4. The van der Waals surface area contributed by atoms with Crippen molar-refractivity contribution in [3.05, 3.63) is 52.6 Å². The highest BCUT2D eigenvalue weighted by Crippen LogP contribution is 2.62. The van der Waals surface area contributed by atoms with Crippen LogP contribution in [-0.2, 0) is 4.79 Å². The molecule has 0 N–H and O–H groups in total. The zero-order valence-corrected chi connectivity index (χ0v) is 19.5. The minimum absolute atomic E-state index is 0.235. The number of carbonyl (C=O) groups excluding carboxylic acids is 1. The Hall–Kier alpha value is -2.27. The Balaban J connectivity index is 1.56. The van der Waals surface area contributed by atoms with Crippen LogP contribution in [0.3, 0.4) is 0 Å². The summed E-state index contributed by atoms with van der Waals surface area (Å²) >= 11 is 0. The van der Waals surface area contributed by atoms with Crippen molar-refractivity contribution in [3.8, 4) is 11.8 Å². The van der Waals surface area contributed by atoms with Crippen molar-refractivity contribution in [1.82, 2.24) is 0 Å². The summed E-state index contributed by atoms with van der Waals surface area (Å²) in [4.78, 5) is 14.8. The number of nitrogens with zero attached hydrogens (tertiary/aromatic N) is 1. The Labute approximate surface area is 187 Å². The van der Waals surface area contributed by atoms with Gasteiger partial charge in [0.15, 0.2) is 5.78 Å². The first-order valence-electron chi connectivity index (χ1n) is 12.1. The summed E-state index contributed by atoms with van der Waals surface area (Å²) in [7, 11) is 4.15. The second-order valence-corrected chi connectivity index (χ2v) is 10.6. The zero-order valence-electron chi connectivity index (χ0n) is 19.5. The van der Waals surface area contributed by atoms with Crippen molar-refractivity contribution in [1.29, 1.82) is 0 Å². The van der Waals surface area contributed by atoms with E-state index in [1.807, 2.05) is 13.0 Å². The van der Waals surface area contributed by atoms with Crippen LogP contribution in [0.4, 0.5) is 5.69 Å². The van der Waals surface area contributed by atoms with E-state index < -0.39 is 0 Å². The number of ketones is 1. The van der Waals surface area contributed by atoms with Crippen LogP contribution in [0, 0.1) is 35.0 Å². The van der Waals surface area contributed by atoms with Gasteiger partial charge in [-0.1, -0.05) is 30.6 Å². The second kappa shape index (κ2) is 7.70. The predicted molar refractivity (Wildman–Crippen MR) is 128 cm³/mol. The monoisotopic (exact) mass is 413 g/mol. The van der Waals surface area contributed by atoms with Crippen molar-refractivity contribution in [2.45, 2.75) is 64.7 Å². The summed E-state index contributed by atoms with van der Waals surface area (Å²) in [6, 6.07) is 8.91. The first kappa shape index (κ1) is 20.6. The number of rotatable bonds is 2. The van der Waals surface area contributed by atoms with Crippen LogP contribution >= 0.6 is 0 Å². The molecule has 1 aromatic rings. The van der Waals surface area contributed by atoms with Crippen molar-refractivity contribution >= 4 is 11.5 Å². The zero-order chi connectivity index (χ0) is 21.8. The van der Waals surface area contributed by atoms with Gasteiger partial charge in [0.05, 0.1) is 0 Å². The molecule has 1 unspecified atom stereocenters. The highest BCUT2D eigenvalue weighted by molar-refractivity contribution is 5.94. The van der Waals surface area contributed by atoms with Crippen molar-refractivity contribution < 1.29 is 4.79 Å². The van der Waals surface area contributed by atoms with Crippen LogP contribution < -0.4 is 4.90 Å². The molecule has 31 heavy (non-hydrogen) atoms. The van der Waals surface area contributed by atoms with E-state index in [0.717, 1.165) is 12.3 Å². The van der Waals surface area contributed by atoms with E-state index in [4.69, 9.17) is 0 Å². The Morgan fingerprint density at radius 3 is 2.55 bits per heavy atom. The molecule has 2 saturated carbocycles. The SMILES string of the molecule is CC#C[C@@H]1CC[C@H]2[C@@H]3CCC4=CC(=O)CC(c5ccc(N(C)C)cc5)C4=C3CC[C@]12C. The fourth-order valence-corrected chi connectivity index (χ4v) is 7.33. The van der Waals surface area contributed by atoms with Crippen LogP contribution in [0.2, 0.25) is 0 Å². The molecule has 2 nitrogen and oxygen atoms in total. The van der Waals surface area contributed by atoms with E-state index in [1.165, 1.54) is 48.9 Å². The summed E-state index contributed by atoms with van der Waals surface area (Å²) in [5.41, 5.74) is 7.47. The number of benzene rings is 1. The third-order valence-electron chi connectivity index (χ3n) is 8.91. The van der Waals surface area contributed by atoms with Crippen LogP contribution in [0.25, 0.3) is 0 Å². The van der Waals surface area contributed by atoms with Crippen LogP contribution in [0.15, 0.2) is 47.1 Å². The molecule has 2 heteroatoms. The average molecular weight is 414 g/mol. The van der Waals surface area contributed by atoms with Gasteiger partial charge in [-0.2, -0.15) is 0 Å². The summed E-state index contributed by atoms with van der Waals surface area (Å²) < 4.78 is 0. The lowest BCUT2D eigenvalue weighted by Crippen LogP contribution is -2.40. The third kappa shape index (κ3) is 3.29. The van der Waals surface area contributed by atoms with Crippen molar-refractivity contribution in [2.75, 3.05) is 19.0 Å². The van der Waals surface area contributed by atoms with E-state index in [0.29, 0.717) is 29.5 Å². The highest BCUT2D eigenvalue weighted by atomic mass is 16.1. The topological polar surface area (TPSA) is 20.3 Å². The number of hydrogen-bond acceptors (Lipinski definition) is 2. The number of carbonyl (C=O) groups is 1. The van der Waals surface area contributed by atoms with Gasteiger partial charge < -0.3 is 4.90 Å². The third-order valence-corrected chi connectivity index (χ3v) is 8.91. The molecule has 162 valence electrons. The standard InChI is InChI=1S/C29H35NO/c1-5-6-21-10-14-27-24-13-9-20-17-23(31)18-26(19-7-11-22(12-8-19)30(3)4)28(20)25(24)15-16-29(21,27)2/h7-8,11-12,17,21,24,26-27H,9-10,13-16,18H2,1-4H3/t21-,24-,26?,27+,29-/m1/s1. The van der Waals surface area contributed by atoms with E-state index in [9.17, 15) is 4.79 Å². The molecule has 4 aliphatic carbocycles. The molecule has 0 radical (unpaired) electrons. The minimum atomic E-state index is 0.235. The second-order valence-electron chi connectivity index (χ2n) is 10.6. The maximum atomic E-state index is 12.7. The fourth-order valence-electron chi connectivity index (χ4n) is 7.33. The molecule has 0 amide bonds. The molecule has 1 aromatic carbocycles. The lowest BCUT2D eigenvalue weighted by Gasteiger charge is -2.49. The number of anilines is 1. The first-order valence-corrected chi connectivity index (χ1v) is 12.1. The first-order chi connectivity index (χ1) is 14.9. The van der Waals surface area contributed by atoms with Gasteiger partial charge in [-0.3, -0.25) is 4.79 Å². The summed E-state index contributed by atoms with van der Waals surface area (Å²) in [6.45, 7) is 4.52. The molecule has 4 aliphatic rings. The number of hydrogen-bond donors (Lipinski definition) is 0. The Morgan fingerprint density at radius 1 is 1.06 bits per heavy atom. The number of fused-ring (bicyclic) bond motifs is 4. The largest absolute Gasteiger partial charge is 0.378 e. The van der Waals surface area contributed by atoms with Gasteiger partial charge in [-0.25, -0.2) is 0 Å². The van der Waals surface area contributed by atoms with Crippen LogP contribution in [-0.4, -0.2) is 19.9 Å². The van der Waals surface area contributed by atoms with Crippen molar-refractivity contribution in [2.24, 2.45) is 23.2 Å². The lowest BCUT2D eigenvalue weighted by molar-refractivity contribution is -0.115. The molecule has 0 aromatic heterocycles. The highest BCUT2D eigenvalue weighted by Gasteiger charge is 2.53. The van der Waals surface area contributed by atoms with Gasteiger partial charge in [0.25, 0.3) is 0 Å². The van der Waals surface area contributed by atoms with Crippen molar-refractivity contribution in [3.63, 3.8) is 0 Å². The fraction of sp³-hybridized carbons (Fsp3) is 0.552. The molecular weight excluding hydrogens is 378 g/mol. The quantitative estimate of drug-likeness (QED) is 0.531. The predicted octanol–water partition coefficient (Wildman–Crippen LogP) is 6.29. The summed E-state index contributed by atoms with van der Waals surface area (Å²) in [5, 5.41) is 0. The molecular formula is C29H35NO. The summed E-state index contributed by atoms with van der Waals surface area (Å²) in [5.74, 6) is 9.33. The van der Waals surface area contributed by atoms with Gasteiger partial charge in [0.2, 0.25) is 0 Å². The van der Waals surface area contributed by atoms with E-state index in [2.05, 4.69) is 62.0 Å². The normalized spacial score (nSPS) is 34.2. The van der Waals surface area contributed by atoms with Gasteiger partial charge >= 0.3 is 0 Å². The van der Waals surface area contributed by atoms with E-state index >= 15 is 0 Å². The molecule has 0 bridgehead atoms.